The Morgan fingerprint density at radius 3 is 2.56 bits per heavy atom. The van der Waals surface area contributed by atoms with Gasteiger partial charge in [0, 0.05) is 18.8 Å². The molecule has 1 fully saturated rings. The number of rotatable bonds is 7. The average Bonchev–Trinajstić information content (AvgIpc) is 3.22. The van der Waals surface area contributed by atoms with Crippen LogP contribution < -0.4 is 5.32 Å². The monoisotopic (exact) mass is 511 g/mol. The number of aromatic nitrogens is 3. The fourth-order valence-electron chi connectivity index (χ4n) is 3.41. The molecule has 1 N–H and O–H groups in total. The van der Waals surface area contributed by atoms with Crippen LogP contribution in [-0.4, -0.2) is 57.6 Å². The third kappa shape index (κ3) is 6.09. The fourth-order valence-corrected chi connectivity index (χ4v) is 4.34. The second-order valence-corrected chi connectivity index (χ2v) is 8.84. The lowest BCUT2D eigenvalue weighted by atomic mass is 10.2. The van der Waals surface area contributed by atoms with Crippen LogP contribution in [-0.2, 0) is 22.3 Å². The van der Waals surface area contributed by atoms with Crippen LogP contribution in [0.2, 0.25) is 5.02 Å². The second kappa shape index (κ2) is 10.8. The number of halogens is 4. The van der Waals surface area contributed by atoms with Crippen LogP contribution in [0.5, 0.6) is 0 Å². The van der Waals surface area contributed by atoms with Crippen molar-refractivity contribution in [3.63, 3.8) is 0 Å². The maximum atomic E-state index is 13.0. The van der Waals surface area contributed by atoms with E-state index in [1.165, 1.54) is 0 Å². The van der Waals surface area contributed by atoms with E-state index >= 15 is 0 Å². The molecule has 1 amide bonds. The molecule has 4 rings (SSSR count). The van der Waals surface area contributed by atoms with Crippen molar-refractivity contribution >= 4 is 35.0 Å². The van der Waals surface area contributed by atoms with Gasteiger partial charge in [-0.2, -0.15) is 13.2 Å². The average molecular weight is 512 g/mol. The Labute approximate surface area is 203 Å². The first-order valence-corrected chi connectivity index (χ1v) is 11.8. The zero-order valence-electron chi connectivity index (χ0n) is 17.9. The minimum absolute atomic E-state index is 0.0200. The van der Waals surface area contributed by atoms with Gasteiger partial charge in [-0.25, -0.2) is 0 Å². The van der Waals surface area contributed by atoms with Gasteiger partial charge in [0.25, 0.3) is 0 Å². The van der Waals surface area contributed by atoms with Gasteiger partial charge in [0.15, 0.2) is 11.0 Å². The van der Waals surface area contributed by atoms with Crippen molar-refractivity contribution in [1.29, 1.82) is 0 Å². The van der Waals surface area contributed by atoms with Crippen molar-refractivity contribution in [2.45, 2.75) is 17.9 Å². The maximum Gasteiger partial charge on any atom is 0.416 e. The lowest BCUT2D eigenvalue weighted by Gasteiger charge is -2.26. The van der Waals surface area contributed by atoms with Gasteiger partial charge in [-0.3, -0.25) is 14.3 Å². The number of carbonyl (C=O) groups is 1. The van der Waals surface area contributed by atoms with Gasteiger partial charge in [0.05, 0.1) is 41.8 Å². The van der Waals surface area contributed by atoms with Crippen LogP contribution in [0.1, 0.15) is 11.4 Å². The van der Waals surface area contributed by atoms with Crippen LogP contribution in [0.15, 0.2) is 53.7 Å². The number of thioether (sulfide) groups is 1. The van der Waals surface area contributed by atoms with Crippen molar-refractivity contribution < 1.29 is 22.7 Å². The van der Waals surface area contributed by atoms with E-state index in [9.17, 15) is 18.0 Å². The van der Waals surface area contributed by atoms with Gasteiger partial charge in [-0.15, -0.1) is 10.2 Å². The number of benzene rings is 2. The third-order valence-electron chi connectivity index (χ3n) is 5.08. The molecule has 2 aromatic carbocycles. The largest absolute Gasteiger partial charge is 0.416 e. The predicted molar refractivity (Wildman–Crippen MR) is 123 cm³/mol. The summed E-state index contributed by atoms with van der Waals surface area (Å²) in [6.07, 6.45) is -4.54. The highest BCUT2D eigenvalue weighted by atomic mass is 35.5. The van der Waals surface area contributed by atoms with Crippen molar-refractivity contribution in [1.82, 2.24) is 19.7 Å². The number of anilines is 1. The van der Waals surface area contributed by atoms with Gasteiger partial charge >= 0.3 is 6.18 Å². The van der Waals surface area contributed by atoms with Gasteiger partial charge in [-0.05, 0) is 30.3 Å². The lowest BCUT2D eigenvalue weighted by molar-refractivity contribution is -0.137. The number of ether oxygens (including phenoxy) is 1. The Morgan fingerprint density at radius 1 is 1.12 bits per heavy atom. The molecule has 0 aliphatic carbocycles. The summed E-state index contributed by atoms with van der Waals surface area (Å²) in [5.74, 6) is 0.121. The molecule has 0 atom stereocenters. The van der Waals surface area contributed by atoms with Crippen LogP contribution in [0.3, 0.4) is 0 Å². The Morgan fingerprint density at radius 2 is 1.85 bits per heavy atom. The zero-order chi connectivity index (χ0) is 24.1. The number of hydrogen-bond donors (Lipinski definition) is 1. The maximum absolute atomic E-state index is 13.0. The number of alkyl halides is 3. The standard InChI is InChI=1S/C22H21ClF3N5O2S/c23-17-7-6-15(22(24,25)26)12-18(17)27-20(32)14-34-21-29-28-19(13-30-8-10-33-11-9-30)31(21)16-4-2-1-3-5-16/h1-7,12H,8-11,13-14H2,(H,27,32). The molecule has 12 heteroatoms. The van der Waals surface area contributed by atoms with Crippen LogP contribution >= 0.6 is 23.4 Å². The number of hydrogen-bond acceptors (Lipinski definition) is 6. The second-order valence-electron chi connectivity index (χ2n) is 7.49. The first-order valence-electron chi connectivity index (χ1n) is 10.4. The van der Waals surface area contributed by atoms with E-state index in [1.807, 2.05) is 34.9 Å². The molecule has 1 aromatic heterocycles. The molecule has 1 aliphatic rings. The molecular weight excluding hydrogens is 491 g/mol. The van der Waals surface area contributed by atoms with Crippen molar-refractivity contribution in [2.75, 3.05) is 37.4 Å². The number of para-hydroxylation sites is 1. The Hall–Kier alpha value is -2.60. The molecule has 0 saturated carbocycles. The summed E-state index contributed by atoms with van der Waals surface area (Å²) >= 11 is 7.12. The van der Waals surface area contributed by atoms with E-state index in [4.69, 9.17) is 16.3 Å². The van der Waals surface area contributed by atoms with Gasteiger partial charge in [0.1, 0.15) is 0 Å². The van der Waals surface area contributed by atoms with E-state index in [1.54, 1.807) is 0 Å². The number of morpholine rings is 1. The minimum atomic E-state index is -4.54. The SMILES string of the molecule is O=C(CSc1nnc(CN2CCOCC2)n1-c1ccccc1)Nc1cc(C(F)(F)F)ccc1Cl. The smallest absolute Gasteiger partial charge is 0.379 e. The molecule has 1 aliphatic heterocycles. The quantitative estimate of drug-likeness (QED) is 0.471. The van der Waals surface area contributed by atoms with Crippen molar-refractivity contribution in [2.24, 2.45) is 0 Å². The first kappa shape index (κ1) is 24.5. The fraction of sp³-hybridized carbons (Fsp3) is 0.318. The highest BCUT2D eigenvalue weighted by Crippen LogP contribution is 2.34. The van der Waals surface area contributed by atoms with Crippen molar-refractivity contribution in [3.8, 4) is 5.69 Å². The molecule has 0 bridgehead atoms. The van der Waals surface area contributed by atoms with E-state index in [-0.39, 0.29) is 16.5 Å². The molecule has 0 spiro atoms. The van der Waals surface area contributed by atoms with Gasteiger partial charge in [-0.1, -0.05) is 41.6 Å². The summed E-state index contributed by atoms with van der Waals surface area (Å²) in [6.45, 7) is 3.44. The first-order chi connectivity index (χ1) is 16.3. The molecule has 180 valence electrons. The number of carbonyl (C=O) groups excluding carboxylic acids is 1. The summed E-state index contributed by atoms with van der Waals surface area (Å²) in [6, 6.07) is 12.3. The molecule has 0 radical (unpaired) electrons. The van der Waals surface area contributed by atoms with Crippen LogP contribution in [0.25, 0.3) is 5.69 Å². The number of amides is 1. The van der Waals surface area contributed by atoms with E-state index in [0.717, 1.165) is 54.6 Å². The summed E-state index contributed by atoms with van der Waals surface area (Å²) in [7, 11) is 0. The predicted octanol–water partition coefficient (Wildman–Crippen LogP) is 4.50. The molecule has 2 heterocycles. The summed E-state index contributed by atoms with van der Waals surface area (Å²) < 4.78 is 46.3. The summed E-state index contributed by atoms with van der Waals surface area (Å²) in [4.78, 5) is 14.7. The molecular formula is C22H21ClF3N5O2S. The lowest BCUT2D eigenvalue weighted by Crippen LogP contribution is -2.36. The van der Waals surface area contributed by atoms with E-state index in [0.29, 0.717) is 24.9 Å². The Balaban J connectivity index is 1.49. The zero-order valence-corrected chi connectivity index (χ0v) is 19.5. The highest BCUT2D eigenvalue weighted by Gasteiger charge is 2.31. The number of nitrogens with one attached hydrogen (secondary N) is 1. The van der Waals surface area contributed by atoms with Crippen molar-refractivity contribution in [3.05, 3.63) is 64.9 Å². The number of nitrogens with zero attached hydrogens (tertiary/aromatic N) is 4. The Kier molecular flexibility index (Phi) is 7.77. The molecule has 7 nitrogen and oxygen atoms in total. The minimum Gasteiger partial charge on any atom is -0.379 e. The molecule has 3 aromatic rings. The summed E-state index contributed by atoms with van der Waals surface area (Å²) in [5, 5.41) is 11.6. The molecule has 0 unspecified atom stereocenters. The summed E-state index contributed by atoms with van der Waals surface area (Å²) in [5.41, 5.74) is -0.143. The Bertz CT molecular complexity index is 1140. The molecule has 1 saturated heterocycles. The normalized spacial score (nSPS) is 14.8. The molecule has 34 heavy (non-hydrogen) atoms. The van der Waals surface area contributed by atoms with E-state index < -0.39 is 17.6 Å². The van der Waals surface area contributed by atoms with Gasteiger partial charge < -0.3 is 10.1 Å². The third-order valence-corrected chi connectivity index (χ3v) is 6.34. The highest BCUT2D eigenvalue weighted by molar-refractivity contribution is 7.99. The van der Waals surface area contributed by atoms with Gasteiger partial charge in [0.2, 0.25) is 5.91 Å². The van der Waals surface area contributed by atoms with Crippen LogP contribution in [0, 0.1) is 0 Å². The van der Waals surface area contributed by atoms with Crippen LogP contribution in [0.4, 0.5) is 18.9 Å². The van der Waals surface area contributed by atoms with E-state index in [2.05, 4.69) is 20.4 Å². The topological polar surface area (TPSA) is 72.3 Å².